The van der Waals surface area contributed by atoms with E-state index in [1.807, 2.05) is 12.1 Å². The van der Waals surface area contributed by atoms with Crippen molar-refractivity contribution < 1.29 is 9.53 Å². The fourth-order valence-electron chi connectivity index (χ4n) is 4.28. The average molecular weight is 366 g/mol. The van der Waals surface area contributed by atoms with Crippen molar-refractivity contribution in [3.8, 4) is 5.75 Å². The van der Waals surface area contributed by atoms with Crippen LogP contribution in [-0.4, -0.2) is 47.5 Å². The van der Waals surface area contributed by atoms with E-state index in [1.165, 1.54) is 5.56 Å². The first-order valence-electron chi connectivity index (χ1n) is 9.71. The molecule has 6 nitrogen and oxygen atoms in total. The summed E-state index contributed by atoms with van der Waals surface area (Å²) in [6.45, 7) is 2.50. The van der Waals surface area contributed by atoms with Gasteiger partial charge in [-0.1, -0.05) is 12.1 Å². The molecule has 1 amide bonds. The summed E-state index contributed by atoms with van der Waals surface area (Å²) in [5.74, 6) is 2.02. The predicted molar refractivity (Wildman–Crippen MR) is 104 cm³/mol. The third-order valence-corrected chi connectivity index (χ3v) is 5.68. The van der Waals surface area contributed by atoms with Gasteiger partial charge in [0.2, 0.25) is 5.91 Å². The van der Waals surface area contributed by atoms with Gasteiger partial charge in [-0.2, -0.15) is 0 Å². The molecule has 6 heteroatoms. The highest BCUT2D eigenvalue weighted by molar-refractivity contribution is 5.80. The van der Waals surface area contributed by atoms with E-state index in [9.17, 15) is 4.79 Å². The highest BCUT2D eigenvalue weighted by atomic mass is 16.5. The zero-order valence-electron chi connectivity index (χ0n) is 15.8. The zero-order valence-corrected chi connectivity index (χ0v) is 15.8. The van der Waals surface area contributed by atoms with Crippen LogP contribution in [-0.2, 0) is 4.79 Å². The molecule has 0 saturated carbocycles. The van der Waals surface area contributed by atoms with Crippen LogP contribution in [0.15, 0.2) is 42.9 Å². The van der Waals surface area contributed by atoms with E-state index in [1.54, 1.807) is 25.7 Å². The number of rotatable bonds is 4. The number of carbonyl (C=O) groups is 1. The fourth-order valence-corrected chi connectivity index (χ4v) is 4.28. The summed E-state index contributed by atoms with van der Waals surface area (Å²) in [6, 6.07) is 8.30. The number of methoxy groups -OCH3 is 1. The minimum absolute atomic E-state index is 0.0274. The van der Waals surface area contributed by atoms with Gasteiger partial charge in [0, 0.05) is 32.0 Å². The Kier molecular flexibility index (Phi) is 5.23. The Labute approximate surface area is 160 Å². The van der Waals surface area contributed by atoms with Gasteiger partial charge < -0.3 is 14.5 Å². The minimum Gasteiger partial charge on any atom is -0.497 e. The molecular weight excluding hydrogens is 340 g/mol. The molecule has 0 radical (unpaired) electrons. The van der Waals surface area contributed by atoms with Gasteiger partial charge in [-0.25, -0.2) is 4.98 Å². The largest absolute Gasteiger partial charge is 0.497 e. The summed E-state index contributed by atoms with van der Waals surface area (Å²) in [7, 11) is 1.67. The number of ether oxygens (including phenoxy) is 1. The van der Waals surface area contributed by atoms with Crippen LogP contribution in [0.25, 0.3) is 0 Å². The second-order valence-corrected chi connectivity index (χ2v) is 7.31. The van der Waals surface area contributed by atoms with Crippen molar-refractivity contribution in [3.05, 3.63) is 48.4 Å². The van der Waals surface area contributed by atoms with Gasteiger partial charge in [-0.05, 0) is 43.4 Å². The molecule has 0 N–H and O–H groups in total. The third-order valence-electron chi connectivity index (χ3n) is 5.68. The summed E-state index contributed by atoms with van der Waals surface area (Å²) in [5.41, 5.74) is 1.20. The van der Waals surface area contributed by atoms with Crippen LogP contribution in [0.2, 0.25) is 0 Å². The number of nitrogens with zero attached hydrogens (tertiary/aromatic N) is 4. The van der Waals surface area contributed by atoms with E-state index in [0.717, 1.165) is 56.9 Å². The predicted octanol–water partition coefficient (Wildman–Crippen LogP) is 3.07. The van der Waals surface area contributed by atoms with Crippen LogP contribution in [0.5, 0.6) is 5.75 Å². The maximum atomic E-state index is 13.3. The summed E-state index contributed by atoms with van der Waals surface area (Å²) in [6.07, 6.45) is 9.21. The van der Waals surface area contributed by atoms with Crippen molar-refractivity contribution in [2.45, 2.75) is 31.7 Å². The van der Waals surface area contributed by atoms with Crippen LogP contribution in [0.4, 0.5) is 5.82 Å². The van der Waals surface area contributed by atoms with Crippen molar-refractivity contribution in [1.82, 2.24) is 14.9 Å². The lowest BCUT2D eigenvalue weighted by molar-refractivity contribution is -0.136. The molecule has 2 unspecified atom stereocenters. The quantitative estimate of drug-likeness (QED) is 0.832. The molecule has 142 valence electrons. The molecule has 2 aromatic rings. The lowest BCUT2D eigenvalue weighted by Crippen LogP contribution is -2.45. The van der Waals surface area contributed by atoms with Crippen molar-refractivity contribution in [1.29, 1.82) is 0 Å². The number of anilines is 1. The Balaban J connectivity index is 1.47. The maximum Gasteiger partial charge on any atom is 0.227 e. The first kappa shape index (κ1) is 17.8. The third kappa shape index (κ3) is 3.75. The zero-order chi connectivity index (χ0) is 18.6. The van der Waals surface area contributed by atoms with Crippen molar-refractivity contribution in [2.75, 3.05) is 31.6 Å². The molecule has 0 aliphatic carbocycles. The SMILES string of the molecule is COc1ccc(C2CCCN2C(=O)C2CCCN(c3cnccn3)C2)cc1. The van der Waals surface area contributed by atoms with Crippen molar-refractivity contribution in [3.63, 3.8) is 0 Å². The molecule has 2 fully saturated rings. The molecule has 2 aliphatic rings. The summed E-state index contributed by atoms with van der Waals surface area (Å²) >= 11 is 0. The average Bonchev–Trinajstić information content (AvgIpc) is 3.24. The van der Waals surface area contributed by atoms with Crippen LogP contribution in [0.3, 0.4) is 0 Å². The van der Waals surface area contributed by atoms with Crippen LogP contribution in [0.1, 0.15) is 37.3 Å². The Morgan fingerprint density at radius 2 is 1.93 bits per heavy atom. The van der Waals surface area contributed by atoms with E-state index in [-0.39, 0.29) is 17.9 Å². The van der Waals surface area contributed by atoms with E-state index in [2.05, 4.69) is 31.9 Å². The van der Waals surface area contributed by atoms with Gasteiger partial charge in [-0.15, -0.1) is 0 Å². The Morgan fingerprint density at radius 3 is 2.67 bits per heavy atom. The molecule has 0 spiro atoms. The van der Waals surface area contributed by atoms with Crippen molar-refractivity contribution in [2.24, 2.45) is 5.92 Å². The van der Waals surface area contributed by atoms with Crippen LogP contribution in [0, 0.1) is 5.92 Å². The van der Waals surface area contributed by atoms with Gasteiger partial charge in [0.05, 0.1) is 25.3 Å². The Bertz CT molecular complexity index is 766. The number of likely N-dealkylation sites (tertiary alicyclic amines) is 1. The molecule has 0 bridgehead atoms. The summed E-state index contributed by atoms with van der Waals surface area (Å²) in [4.78, 5) is 26.2. The molecule has 3 heterocycles. The first-order chi connectivity index (χ1) is 13.3. The molecule has 1 aromatic heterocycles. The number of amides is 1. The monoisotopic (exact) mass is 366 g/mol. The number of benzene rings is 1. The van der Waals surface area contributed by atoms with Gasteiger partial charge in [0.25, 0.3) is 0 Å². The summed E-state index contributed by atoms with van der Waals surface area (Å²) in [5, 5.41) is 0. The number of carbonyl (C=O) groups excluding carboxylic acids is 1. The maximum absolute atomic E-state index is 13.3. The number of aromatic nitrogens is 2. The summed E-state index contributed by atoms with van der Waals surface area (Å²) < 4.78 is 5.26. The van der Waals surface area contributed by atoms with E-state index >= 15 is 0 Å². The molecule has 2 atom stereocenters. The van der Waals surface area contributed by atoms with Gasteiger partial charge in [0.15, 0.2) is 0 Å². The number of hydrogen-bond acceptors (Lipinski definition) is 5. The topological polar surface area (TPSA) is 58.6 Å². The Morgan fingerprint density at radius 1 is 1.11 bits per heavy atom. The molecule has 4 rings (SSSR count). The van der Waals surface area contributed by atoms with E-state index in [4.69, 9.17) is 4.74 Å². The number of piperidine rings is 1. The van der Waals surface area contributed by atoms with E-state index < -0.39 is 0 Å². The van der Waals surface area contributed by atoms with Gasteiger partial charge in [-0.3, -0.25) is 9.78 Å². The second kappa shape index (κ2) is 7.94. The van der Waals surface area contributed by atoms with Crippen molar-refractivity contribution >= 4 is 11.7 Å². The molecular formula is C21H26N4O2. The highest BCUT2D eigenvalue weighted by Crippen LogP contribution is 2.35. The van der Waals surface area contributed by atoms with E-state index in [0.29, 0.717) is 0 Å². The molecule has 2 aliphatic heterocycles. The highest BCUT2D eigenvalue weighted by Gasteiger charge is 2.36. The van der Waals surface area contributed by atoms with Gasteiger partial charge in [0.1, 0.15) is 11.6 Å². The van der Waals surface area contributed by atoms with Gasteiger partial charge >= 0.3 is 0 Å². The van der Waals surface area contributed by atoms with Crippen LogP contribution < -0.4 is 9.64 Å². The lowest BCUT2D eigenvalue weighted by Gasteiger charge is -2.36. The fraction of sp³-hybridized carbons (Fsp3) is 0.476. The minimum atomic E-state index is 0.0274. The Hall–Kier alpha value is -2.63. The molecule has 2 saturated heterocycles. The molecule has 27 heavy (non-hydrogen) atoms. The standard InChI is InChI=1S/C21H26N4O2/c1-27-18-8-6-16(7-9-18)19-5-3-13-25(19)21(26)17-4-2-12-24(15-17)20-14-22-10-11-23-20/h6-11,14,17,19H,2-5,12-13,15H2,1H3. The van der Waals surface area contributed by atoms with Crippen LogP contribution >= 0.6 is 0 Å². The normalized spacial score (nSPS) is 22.7. The first-order valence-corrected chi connectivity index (χ1v) is 9.71. The molecule has 1 aromatic carbocycles. The number of hydrogen-bond donors (Lipinski definition) is 0. The second-order valence-electron chi connectivity index (χ2n) is 7.31. The smallest absolute Gasteiger partial charge is 0.227 e. The lowest BCUT2D eigenvalue weighted by atomic mass is 9.95.